The van der Waals surface area contributed by atoms with E-state index in [-0.39, 0.29) is 24.3 Å². The fourth-order valence-corrected chi connectivity index (χ4v) is 9.68. The summed E-state index contributed by atoms with van der Waals surface area (Å²) in [7, 11) is 2.19. The molecule has 5 fully saturated rings. The monoisotopic (exact) mass is 557 g/mol. The Kier molecular flexibility index (Phi) is 6.09. The molecule has 2 aromatic rings. The Morgan fingerprint density at radius 3 is 2.44 bits per heavy atom. The minimum absolute atomic E-state index is 0.126. The van der Waals surface area contributed by atoms with E-state index in [0.29, 0.717) is 41.4 Å². The van der Waals surface area contributed by atoms with Gasteiger partial charge in [-0.15, -0.1) is 0 Å². The fourth-order valence-electron chi connectivity index (χ4n) is 9.68. The molecule has 6 aliphatic heterocycles. The van der Waals surface area contributed by atoms with Gasteiger partial charge in [-0.05, 0) is 55.2 Å². The molecule has 41 heavy (non-hydrogen) atoms. The Morgan fingerprint density at radius 1 is 1.02 bits per heavy atom. The molecule has 216 valence electrons. The van der Waals surface area contributed by atoms with Gasteiger partial charge in [-0.1, -0.05) is 55.5 Å². The summed E-state index contributed by atoms with van der Waals surface area (Å²) >= 11 is 0. The van der Waals surface area contributed by atoms with Crippen molar-refractivity contribution in [3.8, 4) is 0 Å². The Bertz CT molecular complexity index is 1420. The van der Waals surface area contributed by atoms with Crippen molar-refractivity contribution in [2.24, 2.45) is 22.7 Å². The lowest BCUT2D eigenvalue weighted by Crippen LogP contribution is -2.72. The third-order valence-electron chi connectivity index (χ3n) is 11.1. The minimum atomic E-state index is -0.978. The number of amides is 3. The van der Waals surface area contributed by atoms with Crippen LogP contribution in [0.3, 0.4) is 0 Å². The molecule has 7 aliphatic rings. The first kappa shape index (κ1) is 26.6. The number of hydrogen-bond acceptors (Lipinski definition) is 7. The van der Waals surface area contributed by atoms with E-state index < -0.39 is 23.8 Å². The Labute approximate surface area is 240 Å². The number of aliphatic imine (C=N–C) groups is 1. The molecule has 9 nitrogen and oxygen atoms in total. The average molecular weight is 558 g/mol. The lowest BCUT2D eigenvalue weighted by Gasteiger charge is -2.62. The van der Waals surface area contributed by atoms with Gasteiger partial charge in [-0.2, -0.15) is 0 Å². The van der Waals surface area contributed by atoms with E-state index in [2.05, 4.69) is 53.0 Å². The topological polar surface area (TPSA) is 120 Å². The lowest BCUT2D eigenvalue weighted by molar-refractivity contribution is -0.221. The largest absolute Gasteiger partial charge is 0.861 e. The molecule has 9 heteroatoms. The highest BCUT2D eigenvalue weighted by Gasteiger charge is 2.76. The van der Waals surface area contributed by atoms with Gasteiger partial charge in [0.2, 0.25) is 5.91 Å². The molecule has 3 unspecified atom stereocenters. The van der Waals surface area contributed by atoms with E-state index in [0.717, 1.165) is 24.2 Å². The quantitative estimate of drug-likeness (QED) is 0.593. The second-order valence-electron chi connectivity index (χ2n) is 12.5. The van der Waals surface area contributed by atoms with Crippen LogP contribution in [0.4, 0.5) is 10.5 Å². The van der Waals surface area contributed by atoms with Crippen molar-refractivity contribution >= 4 is 23.5 Å². The van der Waals surface area contributed by atoms with Gasteiger partial charge in [-0.3, -0.25) is 14.6 Å². The smallest absolute Gasteiger partial charge is 0.349 e. The summed E-state index contributed by atoms with van der Waals surface area (Å²) in [6.07, 6.45) is 2.56. The summed E-state index contributed by atoms with van der Waals surface area (Å²) in [5.41, 5.74) is 3.08. The van der Waals surface area contributed by atoms with E-state index >= 15 is 0 Å². The standard InChI is InChI=1S/C20H26N2O2.C12H12N2O3/c1-3-10-11-8-14-17-20(12-6-4-5-7-13(12)21(17)2)9-15(16(11)18(20)23)22(14)19(10)24;1-2-14-11(16)9(10(15)13-12(14)17)8-6-4-3-5-7-8/h4-7,10-11,14-19,23-24H,3,8-9H2,1-2H3;3-7,9H,2H2,1H3,(H,13,15,17)/p-1/t10-,11+,14-,15-,16?,17-,18+,19+,20+;/m0./s1. The third kappa shape index (κ3) is 3.37. The van der Waals surface area contributed by atoms with Crippen molar-refractivity contribution in [2.45, 2.75) is 74.9 Å². The van der Waals surface area contributed by atoms with Crippen molar-refractivity contribution < 1.29 is 24.9 Å². The molecule has 9 rings (SSSR count). The van der Waals surface area contributed by atoms with Crippen LogP contribution in [-0.2, 0) is 10.2 Å². The number of rotatable bonds is 3. The van der Waals surface area contributed by atoms with Gasteiger partial charge in [0, 0.05) is 48.6 Å². The fraction of sp³-hybridized carbons (Fsp3) is 0.531. The second kappa shape index (κ2) is 9.37. The van der Waals surface area contributed by atoms with Crippen LogP contribution in [0.15, 0.2) is 59.6 Å². The predicted molar refractivity (Wildman–Crippen MR) is 151 cm³/mol. The molecule has 1 aliphatic carbocycles. The molecular weight excluding hydrogens is 520 g/mol. The summed E-state index contributed by atoms with van der Waals surface area (Å²) in [6, 6.07) is 17.6. The number of aliphatic hydroxyl groups excluding tert-OH is 2. The molecule has 0 radical (unpaired) electrons. The molecule has 0 aromatic heterocycles. The Hall–Kier alpha value is -3.27. The van der Waals surface area contributed by atoms with Gasteiger partial charge in [0.15, 0.2) is 0 Å². The number of piperidine rings is 4. The number of carbonyl (C=O) groups is 2. The Balaban J connectivity index is 0.000000144. The van der Waals surface area contributed by atoms with Gasteiger partial charge < -0.3 is 20.2 Å². The molecule has 4 saturated heterocycles. The van der Waals surface area contributed by atoms with Gasteiger partial charge in [0.05, 0.1) is 18.1 Å². The number of hydrogen-bond donors (Lipinski definition) is 2. The number of nitrogens with zero attached hydrogens (tertiary/aromatic N) is 4. The molecule has 6 heterocycles. The van der Waals surface area contributed by atoms with Gasteiger partial charge in [-0.25, -0.2) is 9.79 Å². The van der Waals surface area contributed by atoms with Crippen LogP contribution in [0.25, 0.3) is 0 Å². The number of anilines is 1. The molecule has 11 atom stereocenters. The first-order valence-electron chi connectivity index (χ1n) is 14.9. The molecule has 1 saturated carbocycles. The third-order valence-corrected chi connectivity index (χ3v) is 11.1. The highest BCUT2D eigenvalue weighted by molar-refractivity contribution is 6.16. The van der Waals surface area contributed by atoms with Crippen LogP contribution in [0, 0.1) is 17.8 Å². The summed E-state index contributed by atoms with van der Waals surface area (Å²) in [6.45, 7) is 4.08. The lowest BCUT2D eigenvalue weighted by atomic mass is 9.62. The van der Waals surface area contributed by atoms with Crippen molar-refractivity contribution in [3.05, 3.63) is 65.7 Å². The summed E-state index contributed by atoms with van der Waals surface area (Å²) < 4.78 is 0. The maximum atomic E-state index is 12.0. The number of para-hydroxylation sites is 1. The summed E-state index contributed by atoms with van der Waals surface area (Å²) in [5.74, 6) is -1.02. The predicted octanol–water partition coefficient (Wildman–Crippen LogP) is 2.07. The van der Waals surface area contributed by atoms with Crippen molar-refractivity contribution in [1.82, 2.24) is 9.80 Å². The molecular formula is C32H37N4O5-. The zero-order valence-electron chi connectivity index (χ0n) is 23.6. The van der Waals surface area contributed by atoms with Crippen LogP contribution in [-0.4, -0.2) is 81.9 Å². The average Bonchev–Trinajstić information content (AvgIpc) is 3.35. The maximum Gasteiger partial charge on any atom is 0.349 e. The normalized spacial score (nSPS) is 41.1. The first-order valence-corrected chi connectivity index (χ1v) is 14.9. The highest BCUT2D eigenvalue weighted by atomic mass is 16.3. The molecule has 2 N–H and O–H groups in total. The molecule has 5 bridgehead atoms. The number of benzene rings is 2. The van der Waals surface area contributed by atoms with Crippen molar-refractivity contribution in [3.63, 3.8) is 0 Å². The number of imide groups is 1. The number of carbonyl (C=O) groups excluding carboxylic acids is 2. The number of likely N-dealkylation sites (N-methyl/N-ethyl adjacent to an activating group) is 2. The second-order valence-corrected chi connectivity index (χ2v) is 12.5. The zero-order valence-corrected chi connectivity index (χ0v) is 23.6. The van der Waals surface area contributed by atoms with E-state index in [4.69, 9.17) is 0 Å². The van der Waals surface area contributed by atoms with Gasteiger partial charge in [0.25, 0.3) is 0 Å². The van der Waals surface area contributed by atoms with Crippen molar-refractivity contribution in [1.29, 1.82) is 0 Å². The highest BCUT2D eigenvalue weighted by Crippen LogP contribution is 2.68. The summed E-state index contributed by atoms with van der Waals surface area (Å²) in [4.78, 5) is 32.5. The molecule has 2 aromatic carbocycles. The van der Waals surface area contributed by atoms with E-state index in [9.17, 15) is 24.9 Å². The van der Waals surface area contributed by atoms with Crippen LogP contribution >= 0.6 is 0 Å². The van der Waals surface area contributed by atoms with Crippen LogP contribution in [0.1, 0.15) is 50.2 Å². The van der Waals surface area contributed by atoms with Gasteiger partial charge >= 0.3 is 6.03 Å². The van der Waals surface area contributed by atoms with E-state index in [1.54, 1.807) is 37.3 Å². The Morgan fingerprint density at radius 2 is 1.73 bits per heavy atom. The van der Waals surface area contributed by atoms with Gasteiger partial charge in [0.1, 0.15) is 6.23 Å². The van der Waals surface area contributed by atoms with Crippen LogP contribution < -0.4 is 10.0 Å². The number of urea groups is 1. The zero-order chi connectivity index (χ0) is 28.8. The van der Waals surface area contributed by atoms with E-state index in [1.807, 2.05) is 0 Å². The SMILES string of the molecule is CCN1C(=O)N=C([O-])C(c2ccccc2)C1=O.CC[C@@H]1[C@@H](O)N2[C@H]3C[C@@]45c6ccccc6N(C)[C@H]4[C@@H]2C[C@H]1C3[C@H]5O. The maximum absolute atomic E-state index is 12.0. The van der Waals surface area contributed by atoms with Crippen LogP contribution in [0.2, 0.25) is 0 Å². The summed E-state index contributed by atoms with van der Waals surface area (Å²) in [5, 5.41) is 34.3. The van der Waals surface area contributed by atoms with Crippen molar-refractivity contribution in [2.75, 3.05) is 18.5 Å². The molecule has 1 spiro atoms. The van der Waals surface area contributed by atoms with Crippen LogP contribution in [0.5, 0.6) is 0 Å². The number of aliphatic hydroxyl groups is 2. The van der Waals surface area contributed by atoms with E-state index in [1.165, 1.54) is 11.3 Å². The minimum Gasteiger partial charge on any atom is -0.861 e. The first-order chi connectivity index (χ1) is 19.8. The number of fused-ring (bicyclic) bond motifs is 2. The molecule has 3 amide bonds.